The molecule has 1 nitrogen and oxygen atoms in total. The minimum absolute atomic E-state index is 0.450. The van der Waals surface area contributed by atoms with Gasteiger partial charge in [-0.3, -0.25) is 0 Å². The topological polar surface area (TPSA) is 12.0 Å². The van der Waals surface area contributed by atoms with E-state index in [9.17, 15) is 0 Å². The first-order chi connectivity index (χ1) is 6.85. The Hall–Kier alpha value is 0.250. The van der Waals surface area contributed by atoms with Crippen LogP contribution < -0.4 is 5.32 Å². The van der Waals surface area contributed by atoms with Crippen LogP contribution in [0.5, 0.6) is 0 Å². The van der Waals surface area contributed by atoms with Gasteiger partial charge in [0.05, 0.1) is 0 Å². The summed E-state index contributed by atoms with van der Waals surface area (Å²) in [5, 5.41) is 3.61. The lowest BCUT2D eigenvalue weighted by Crippen LogP contribution is -2.34. The summed E-state index contributed by atoms with van der Waals surface area (Å²) in [7, 11) is 0. The molecule has 0 radical (unpaired) electrons. The van der Waals surface area contributed by atoms with E-state index in [4.69, 9.17) is 11.6 Å². The molecule has 2 heteroatoms. The third-order valence-corrected chi connectivity index (χ3v) is 4.44. The molecule has 0 aromatic heterocycles. The molecule has 0 aromatic rings. The summed E-state index contributed by atoms with van der Waals surface area (Å²) in [6.07, 6.45) is 9.79. The van der Waals surface area contributed by atoms with Crippen LogP contribution in [-0.2, 0) is 0 Å². The third-order valence-electron chi connectivity index (χ3n) is 3.87. The Bertz CT molecular complexity index is 171. The fourth-order valence-electron chi connectivity index (χ4n) is 2.55. The molecule has 0 aromatic carbocycles. The van der Waals surface area contributed by atoms with E-state index in [0.717, 1.165) is 18.3 Å². The molecule has 0 amide bonds. The smallest absolute Gasteiger partial charge is 0.0292 e. The van der Waals surface area contributed by atoms with Crippen molar-refractivity contribution >= 4 is 11.6 Å². The number of rotatable bonds is 6. The van der Waals surface area contributed by atoms with Gasteiger partial charge in [-0.25, -0.2) is 0 Å². The lowest BCUT2D eigenvalue weighted by atomic mass is 9.88. The molecule has 14 heavy (non-hydrogen) atoms. The minimum atomic E-state index is 0.450. The Morgan fingerprint density at radius 1 is 1.21 bits per heavy atom. The quantitative estimate of drug-likeness (QED) is 0.530. The predicted molar refractivity (Wildman–Crippen MR) is 61.8 cm³/mol. The fraction of sp³-hybridized carbons (Fsp3) is 1.00. The summed E-state index contributed by atoms with van der Waals surface area (Å²) in [4.78, 5) is 0. The second kappa shape index (κ2) is 4.85. The molecular weight excluding hydrogens is 194 g/mol. The molecule has 2 aliphatic rings. The zero-order valence-corrected chi connectivity index (χ0v) is 9.78. The first-order valence-corrected chi connectivity index (χ1v) is 6.65. The molecular formula is C12H22ClN. The van der Waals surface area contributed by atoms with Crippen LogP contribution >= 0.6 is 11.6 Å². The van der Waals surface area contributed by atoms with Crippen LogP contribution in [0.2, 0.25) is 0 Å². The number of halogens is 1. The zero-order valence-electron chi connectivity index (χ0n) is 9.03. The average molecular weight is 216 g/mol. The molecule has 0 aliphatic heterocycles. The van der Waals surface area contributed by atoms with E-state index >= 15 is 0 Å². The molecule has 0 saturated heterocycles. The molecule has 0 bridgehead atoms. The number of nitrogens with one attached hydrogen (secondary N) is 1. The van der Waals surface area contributed by atoms with Crippen LogP contribution in [0.1, 0.15) is 44.9 Å². The van der Waals surface area contributed by atoms with E-state index in [1.807, 2.05) is 0 Å². The van der Waals surface area contributed by atoms with Crippen molar-refractivity contribution in [3.63, 3.8) is 0 Å². The molecule has 0 unspecified atom stereocenters. The minimum Gasteiger partial charge on any atom is -0.316 e. The highest BCUT2D eigenvalue weighted by molar-refractivity contribution is 6.18. The number of hydrogen-bond acceptors (Lipinski definition) is 1. The van der Waals surface area contributed by atoms with Crippen LogP contribution in [0, 0.1) is 11.3 Å². The Labute approximate surface area is 92.6 Å². The maximum atomic E-state index is 6.08. The highest BCUT2D eigenvalue weighted by atomic mass is 35.5. The summed E-state index contributed by atoms with van der Waals surface area (Å²) < 4.78 is 0. The molecule has 2 fully saturated rings. The van der Waals surface area contributed by atoms with Gasteiger partial charge in [0.1, 0.15) is 0 Å². The van der Waals surface area contributed by atoms with E-state index in [1.54, 1.807) is 0 Å². The third kappa shape index (κ3) is 2.87. The maximum absolute atomic E-state index is 6.08. The molecule has 82 valence electrons. The van der Waals surface area contributed by atoms with Gasteiger partial charge in [0.15, 0.2) is 0 Å². The summed E-state index contributed by atoms with van der Waals surface area (Å²) in [6, 6.07) is 0. The van der Waals surface area contributed by atoms with E-state index in [2.05, 4.69) is 5.32 Å². The van der Waals surface area contributed by atoms with Crippen molar-refractivity contribution < 1.29 is 0 Å². The van der Waals surface area contributed by atoms with Crippen molar-refractivity contribution in [2.24, 2.45) is 11.3 Å². The first-order valence-electron chi connectivity index (χ1n) is 6.11. The largest absolute Gasteiger partial charge is 0.316 e. The SMILES string of the molecule is ClCC1(CNCCC2CC2)CCCC1. The van der Waals surface area contributed by atoms with E-state index in [1.165, 1.54) is 51.5 Å². The van der Waals surface area contributed by atoms with Crippen molar-refractivity contribution in [1.82, 2.24) is 5.32 Å². The summed E-state index contributed by atoms with van der Waals surface area (Å²) in [6.45, 7) is 2.37. The lowest BCUT2D eigenvalue weighted by Gasteiger charge is -2.26. The normalized spacial score (nSPS) is 25.5. The number of hydrogen-bond donors (Lipinski definition) is 1. The maximum Gasteiger partial charge on any atom is 0.0292 e. The molecule has 0 spiro atoms. The van der Waals surface area contributed by atoms with Gasteiger partial charge in [0, 0.05) is 12.4 Å². The second-order valence-corrected chi connectivity index (χ2v) is 5.52. The van der Waals surface area contributed by atoms with E-state index in [0.29, 0.717) is 5.41 Å². The fourth-order valence-corrected chi connectivity index (χ4v) is 2.91. The van der Waals surface area contributed by atoms with Crippen molar-refractivity contribution in [3.8, 4) is 0 Å². The van der Waals surface area contributed by atoms with Gasteiger partial charge < -0.3 is 5.32 Å². The molecule has 0 heterocycles. The summed E-state index contributed by atoms with van der Waals surface area (Å²) in [5.41, 5.74) is 0.450. The van der Waals surface area contributed by atoms with Gasteiger partial charge in [0.25, 0.3) is 0 Å². The Kier molecular flexibility index (Phi) is 3.73. The highest BCUT2D eigenvalue weighted by Gasteiger charge is 2.32. The predicted octanol–water partition coefficient (Wildman–Crippen LogP) is 3.18. The van der Waals surface area contributed by atoms with Gasteiger partial charge in [-0.05, 0) is 37.1 Å². The Morgan fingerprint density at radius 2 is 1.93 bits per heavy atom. The lowest BCUT2D eigenvalue weighted by molar-refractivity contribution is 0.319. The molecule has 2 rings (SSSR count). The molecule has 1 N–H and O–H groups in total. The van der Waals surface area contributed by atoms with Crippen molar-refractivity contribution in [2.45, 2.75) is 44.9 Å². The monoisotopic (exact) mass is 215 g/mol. The van der Waals surface area contributed by atoms with Crippen LogP contribution in [0.3, 0.4) is 0 Å². The van der Waals surface area contributed by atoms with Crippen LogP contribution in [-0.4, -0.2) is 19.0 Å². The van der Waals surface area contributed by atoms with Gasteiger partial charge >= 0.3 is 0 Å². The van der Waals surface area contributed by atoms with E-state index < -0.39 is 0 Å². The molecule has 2 saturated carbocycles. The van der Waals surface area contributed by atoms with Crippen molar-refractivity contribution in [1.29, 1.82) is 0 Å². The first kappa shape index (κ1) is 10.8. The van der Waals surface area contributed by atoms with Crippen molar-refractivity contribution in [3.05, 3.63) is 0 Å². The Morgan fingerprint density at radius 3 is 2.50 bits per heavy atom. The van der Waals surface area contributed by atoms with Gasteiger partial charge in [0.2, 0.25) is 0 Å². The molecule has 0 atom stereocenters. The van der Waals surface area contributed by atoms with Crippen LogP contribution in [0.25, 0.3) is 0 Å². The zero-order chi connectivity index (χ0) is 9.86. The standard InChI is InChI=1S/C12H22ClN/c13-9-12(6-1-2-7-12)10-14-8-5-11-3-4-11/h11,14H,1-10H2. The van der Waals surface area contributed by atoms with Gasteiger partial charge in [-0.2, -0.15) is 0 Å². The van der Waals surface area contributed by atoms with Gasteiger partial charge in [-0.15, -0.1) is 11.6 Å². The average Bonchev–Trinajstić information content (AvgIpc) is 2.92. The Balaban J connectivity index is 1.61. The summed E-state index contributed by atoms with van der Waals surface area (Å²) >= 11 is 6.08. The van der Waals surface area contributed by atoms with Gasteiger partial charge in [-0.1, -0.05) is 25.7 Å². The van der Waals surface area contributed by atoms with Crippen molar-refractivity contribution in [2.75, 3.05) is 19.0 Å². The summed E-state index contributed by atoms with van der Waals surface area (Å²) in [5.74, 6) is 1.90. The highest BCUT2D eigenvalue weighted by Crippen LogP contribution is 2.38. The van der Waals surface area contributed by atoms with Crippen LogP contribution in [0.4, 0.5) is 0 Å². The molecule has 2 aliphatic carbocycles. The number of alkyl halides is 1. The second-order valence-electron chi connectivity index (χ2n) is 5.25. The van der Waals surface area contributed by atoms with E-state index in [-0.39, 0.29) is 0 Å². The van der Waals surface area contributed by atoms with Crippen LogP contribution in [0.15, 0.2) is 0 Å².